The Bertz CT molecular complexity index is 261. The minimum atomic E-state index is 0.0905. The molecule has 0 fully saturated rings. The van der Waals surface area contributed by atoms with Crippen LogP contribution in [0.15, 0.2) is 29.2 Å². The number of thioether (sulfide) groups is 1. The number of benzene rings is 1. The van der Waals surface area contributed by atoms with E-state index in [0.717, 1.165) is 11.5 Å². The molecule has 0 amide bonds. The number of ether oxygens (including phenoxy) is 2. The number of methoxy groups -OCH3 is 1. The van der Waals surface area contributed by atoms with Gasteiger partial charge < -0.3 is 14.6 Å². The van der Waals surface area contributed by atoms with E-state index in [1.54, 1.807) is 18.9 Å². The zero-order valence-corrected chi connectivity index (χ0v) is 9.63. The lowest BCUT2D eigenvalue weighted by molar-refractivity contribution is 0.103. The SMILES string of the molecule is COc1ccc(SCCOCCO)cc1. The van der Waals surface area contributed by atoms with Crippen LogP contribution in [0.1, 0.15) is 0 Å². The summed E-state index contributed by atoms with van der Waals surface area (Å²) in [5, 5.41) is 8.49. The van der Waals surface area contributed by atoms with Gasteiger partial charge in [0.1, 0.15) is 5.75 Å². The first-order valence-electron chi connectivity index (χ1n) is 4.82. The van der Waals surface area contributed by atoms with Gasteiger partial charge in [-0.3, -0.25) is 0 Å². The Morgan fingerprint density at radius 2 is 1.93 bits per heavy atom. The van der Waals surface area contributed by atoms with Crippen molar-refractivity contribution in [1.29, 1.82) is 0 Å². The molecule has 1 aromatic rings. The fraction of sp³-hybridized carbons (Fsp3) is 0.455. The van der Waals surface area contributed by atoms with Gasteiger partial charge in [-0.15, -0.1) is 11.8 Å². The highest BCUT2D eigenvalue weighted by Gasteiger charge is 1.95. The summed E-state index contributed by atoms with van der Waals surface area (Å²) in [5.74, 6) is 1.77. The van der Waals surface area contributed by atoms with Gasteiger partial charge in [0.25, 0.3) is 0 Å². The van der Waals surface area contributed by atoms with E-state index in [0.29, 0.717) is 13.2 Å². The molecular formula is C11H16O3S. The van der Waals surface area contributed by atoms with E-state index in [1.165, 1.54) is 4.90 Å². The second-order valence-corrected chi connectivity index (χ2v) is 4.03. The molecule has 0 atom stereocenters. The van der Waals surface area contributed by atoms with Crippen molar-refractivity contribution in [3.63, 3.8) is 0 Å². The van der Waals surface area contributed by atoms with Crippen molar-refractivity contribution in [2.24, 2.45) is 0 Å². The lowest BCUT2D eigenvalue weighted by Gasteiger charge is -2.03. The fourth-order valence-electron chi connectivity index (χ4n) is 1.06. The van der Waals surface area contributed by atoms with Gasteiger partial charge in [0.2, 0.25) is 0 Å². The molecule has 0 radical (unpaired) electrons. The van der Waals surface area contributed by atoms with Crippen molar-refractivity contribution in [3.8, 4) is 5.75 Å². The number of hydrogen-bond donors (Lipinski definition) is 1. The van der Waals surface area contributed by atoms with Gasteiger partial charge in [-0.25, -0.2) is 0 Å². The van der Waals surface area contributed by atoms with Crippen LogP contribution in [0.25, 0.3) is 0 Å². The van der Waals surface area contributed by atoms with Gasteiger partial charge in [-0.1, -0.05) is 0 Å². The average Bonchev–Trinajstić information content (AvgIpc) is 2.30. The molecule has 0 aliphatic carbocycles. The minimum absolute atomic E-state index is 0.0905. The fourth-order valence-corrected chi connectivity index (χ4v) is 1.82. The Balaban J connectivity index is 2.20. The molecule has 0 aliphatic heterocycles. The number of rotatable bonds is 7. The Morgan fingerprint density at radius 1 is 1.20 bits per heavy atom. The van der Waals surface area contributed by atoms with Crippen molar-refractivity contribution in [2.75, 3.05) is 32.7 Å². The van der Waals surface area contributed by atoms with E-state index in [9.17, 15) is 0 Å². The highest BCUT2D eigenvalue weighted by molar-refractivity contribution is 7.99. The van der Waals surface area contributed by atoms with E-state index in [4.69, 9.17) is 14.6 Å². The summed E-state index contributed by atoms with van der Waals surface area (Å²) < 4.78 is 10.2. The quantitative estimate of drug-likeness (QED) is 0.570. The van der Waals surface area contributed by atoms with Gasteiger partial charge >= 0.3 is 0 Å². The molecule has 0 bridgehead atoms. The van der Waals surface area contributed by atoms with Crippen LogP contribution in [0.4, 0.5) is 0 Å². The third-order valence-electron chi connectivity index (χ3n) is 1.79. The summed E-state index contributed by atoms with van der Waals surface area (Å²) in [6, 6.07) is 7.93. The van der Waals surface area contributed by atoms with Crippen molar-refractivity contribution < 1.29 is 14.6 Å². The molecule has 0 aromatic heterocycles. The first-order valence-corrected chi connectivity index (χ1v) is 5.81. The highest BCUT2D eigenvalue weighted by Crippen LogP contribution is 2.20. The largest absolute Gasteiger partial charge is 0.497 e. The Labute approximate surface area is 94.4 Å². The third kappa shape index (κ3) is 5.06. The van der Waals surface area contributed by atoms with Crippen LogP contribution in [-0.4, -0.2) is 37.8 Å². The molecule has 1 rings (SSSR count). The van der Waals surface area contributed by atoms with Gasteiger partial charge in [0.15, 0.2) is 0 Å². The summed E-state index contributed by atoms with van der Waals surface area (Å²) in [6.07, 6.45) is 0. The summed E-state index contributed by atoms with van der Waals surface area (Å²) in [6.45, 7) is 1.17. The van der Waals surface area contributed by atoms with E-state index in [-0.39, 0.29) is 6.61 Å². The first-order chi connectivity index (χ1) is 7.36. The van der Waals surface area contributed by atoms with Crippen molar-refractivity contribution in [3.05, 3.63) is 24.3 Å². The third-order valence-corrected chi connectivity index (χ3v) is 2.77. The smallest absolute Gasteiger partial charge is 0.118 e. The van der Waals surface area contributed by atoms with Gasteiger partial charge in [-0.2, -0.15) is 0 Å². The minimum Gasteiger partial charge on any atom is -0.497 e. The summed E-state index contributed by atoms with van der Waals surface area (Å²) in [7, 11) is 1.66. The Morgan fingerprint density at radius 3 is 2.53 bits per heavy atom. The number of hydrogen-bond acceptors (Lipinski definition) is 4. The van der Waals surface area contributed by atoms with Crippen LogP contribution < -0.4 is 4.74 Å². The summed E-state index contributed by atoms with van der Waals surface area (Å²) >= 11 is 1.73. The predicted molar refractivity (Wildman–Crippen MR) is 61.6 cm³/mol. The van der Waals surface area contributed by atoms with Crippen molar-refractivity contribution in [2.45, 2.75) is 4.90 Å². The van der Waals surface area contributed by atoms with Crippen LogP contribution >= 0.6 is 11.8 Å². The second kappa shape index (κ2) is 7.56. The normalized spacial score (nSPS) is 10.3. The number of aliphatic hydroxyl groups excluding tert-OH is 1. The highest BCUT2D eigenvalue weighted by atomic mass is 32.2. The predicted octanol–water partition coefficient (Wildman–Crippen LogP) is 1.80. The molecular weight excluding hydrogens is 212 g/mol. The van der Waals surface area contributed by atoms with Crippen LogP contribution in [0.3, 0.4) is 0 Å². The molecule has 0 heterocycles. The van der Waals surface area contributed by atoms with Gasteiger partial charge in [0, 0.05) is 10.6 Å². The molecule has 1 aromatic carbocycles. The van der Waals surface area contributed by atoms with E-state index >= 15 is 0 Å². The zero-order valence-electron chi connectivity index (χ0n) is 8.81. The molecule has 0 spiro atoms. The lowest BCUT2D eigenvalue weighted by Crippen LogP contribution is -2.02. The maximum Gasteiger partial charge on any atom is 0.118 e. The maximum atomic E-state index is 8.49. The monoisotopic (exact) mass is 228 g/mol. The number of aliphatic hydroxyl groups is 1. The van der Waals surface area contributed by atoms with Crippen molar-refractivity contribution >= 4 is 11.8 Å². The molecule has 1 N–H and O–H groups in total. The van der Waals surface area contributed by atoms with E-state index in [1.807, 2.05) is 24.3 Å². The lowest BCUT2D eigenvalue weighted by atomic mass is 10.3. The summed E-state index contributed by atoms with van der Waals surface area (Å²) in [4.78, 5) is 1.20. The Kier molecular flexibility index (Phi) is 6.23. The van der Waals surface area contributed by atoms with Crippen LogP contribution in [0.2, 0.25) is 0 Å². The standard InChI is InChI=1S/C11H16O3S/c1-13-10-2-4-11(5-3-10)15-9-8-14-7-6-12/h2-5,12H,6-9H2,1H3. The zero-order chi connectivity index (χ0) is 10.9. The molecule has 0 unspecified atom stereocenters. The summed E-state index contributed by atoms with van der Waals surface area (Å²) in [5.41, 5.74) is 0. The molecule has 84 valence electrons. The average molecular weight is 228 g/mol. The topological polar surface area (TPSA) is 38.7 Å². The van der Waals surface area contributed by atoms with Crippen LogP contribution in [0.5, 0.6) is 5.75 Å². The van der Waals surface area contributed by atoms with Gasteiger partial charge in [-0.05, 0) is 24.3 Å². The van der Waals surface area contributed by atoms with Crippen LogP contribution in [-0.2, 0) is 4.74 Å². The molecule has 0 saturated heterocycles. The van der Waals surface area contributed by atoms with Crippen LogP contribution in [0, 0.1) is 0 Å². The van der Waals surface area contributed by atoms with Crippen molar-refractivity contribution in [1.82, 2.24) is 0 Å². The molecule has 3 nitrogen and oxygen atoms in total. The van der Waals surface area contributed by atoms with E-state index < -0.39 is 0 Å². The van der Waals surface area contributed by atoms with Gasteiger partial charge in [0.05, 0.1) is 26.9 Å². The second-order valence-electron chi connectivity index (χ2n) is 2.86. The molecule has 0 saturated carbocycles. The van der Waals surface area contributed by atoms with E-state index in [2.05, 4.69) is 0 Å². The molecule has 4 heteroatoms. The molecule has 0 aliphatic rings. The first kappa shape index (κ1) is 12.4. The maximum absolute atomic E-state index is 8.49. The molecule has 15 heavy (non-hydrogen) atoms. The Hall–Kier alpha value is -0.710.